The number of aromatic nitrogens is 1. The van der Waals surface area contributed by atoms with E-state index in [1.165, 1.54) is 12.3 Å². The second kappa shape index (κ2) is 4.31. The molecular formula is C15H15FN2O. The molecule has 3 rings (SSSR count). The quantitative estimate of drug-likeness (QED) is 0.899. The summed E-state index contributed by atoms with van der Waals surface area (Å²) in [5.74, 6) is 0.563. The van der Waals surface area contributed by atoms with Crippen molar-refractivity contribution in [3.8, 4) is 5.75 Å². The van der Waals surface area contributed by atoms with E-state index in [0.29, 0.717) is 5.69 Å². The predicted octanol–water partition coefficient (Wildman–Crippen LogP) is 2.38. The molecule has 0 amide bonds. The van der Waals surface area contributed by atoms with Gasteiger partial charge in [-0.15, -0.1) is 0 Å². The molecular weight excluding hydrogens is 243 g/mol. The zero-order chi connectivity index (χ0) is 13.5. The highest BCUT2D eigenvalue weighted by Gasteiger charge is 2.27. The summed E-state index contributed by atoms with van der Waals surface area (Å²) in [4.78, 5) is 4.09. The molecule has 2 aromatic rings. The van der Waals surface area contributed by atoms with Crippen LogP contribution in [-0.2, 0) is 12.0 Å². The van der Waals surface area contributed by atoms with Crippen molar-refractivity contribution in [3.05, 3.63) is 59.2 Å². The van der Waals surface area contributed by atoms with Crippen LogP contribution in [0.15, 0.2) is 36.5 Å². The molecule has 0 spiro atoms. The van der Waals surface area contributed by atoms with E-state index >= 15 is 0 Å². The highest BCUT2D eigenvalue weighted by atomic mass is 19.1. The highest BCUT2D eigenvalue weighted by Crippen LogP contribution is 2.32. The Hall–Kier alpha value is -1.94. The van der Waals surface area contributed by atoms with Gasteiger partial charge in [0.1, 0.15) is 11.6 Å². The molecule has 19 heavy (non-hydrogen) atoms. The number of nitrogens with two attached hydrogens (primary N) is 1. The van der Waals surface area contributed by atoms with Gasteiger partial charge in [0, 0.05) is 6.42 Å². The smallest absolute Gasteiger partial charge is 0.141 e. The molecule has 98 valence electrons. The van der Waals surface area contributed by atoms with E-state index in [4.69, 9.17) is 10.5 Å². The molecule has 1 aromatic heterocycles. The summed E-state index contributed by atoms with van der Waals surface area (Å²) >= 11 is 0. The fraction of sp³-hybridized carbons (Fsp3) is 0.267. The Balaban J connectivity index is 2.02. The molecule has 0 fully saturated rings. The summed E-state index contributed by atoms with van der Waals surface area (Å²) in [6.07, 6.45) is 2.09. The van der Waals surface area contributed by atoms with E-state index in [1.807, 2.05) is 25.1 Å². The maximum Gasteiger partial charge on any atom is 0.141 e. The normalized spacial score (nSPS) is 16.6. The number of halogens is 1. The van der Waals surface area contributed by atoms with Gasteiger partial charge in [0.05, 0.1) is 24.0 Å². The second-order valence-electron chi connectivity index (χ2n) is 4.98. The maximum absolute atomic E-state index is 12.9. The van der Waals surface area contributed by atoms with Gasteiger partial charge in [0.2, 0.25) is 0 Å². The molecule has 1 aromatic carbocycles. The van der Waals surface area contributed by atoms with Gasteiger partial charge in [0.25, 0.3) is 0 Å². The number of benzene rings is 1. The molecule has 1 unspecified atom stereocenters. The van der Waals surface area contributed by atoms with Crippen LogP contribution in [0.2, 0.25) is 0 Å². The summed E-state index contributed by atoms with van der Waals surface area (Å²) in [5, 5.41) is 0. The molecule has 2 N–H and O–H groups in total. The first-order chi connectivity index (χ1) is 9.07. The van der Waals surface area contributed by atoms with Crippen LogP contribution >= 0.6 is 0 Å². The molecule has 2 heterocycles. The van der Waals surface area contributed by atoms with Gasteiger partial charge >= 0.3 is 0 Å². The highest BCUT2D eigenvalue weighted by molar-refractivity contribution is 5.44. The Morgan fingerprint density at radius 3 is 2.89 bits per heavy atom. The van der Waals surface area contributed by atoms with E-state index in [-0.39, 0.29) is 5.82 Å². The van der Waals surface area contributed by atoms with Crippen LogP contribution in [0.5, 0.6) is 5.75 Å². The molecule has 0 aliphatic carbocycles. The number of pyridine rings is 1. The summed E-state index contributed by atoms with van der Waals surface area (Å²) in [6.45, 7) is 2.60. The largest absolute Gasteiger partial charge is 0.493 e. The van der Waals surface area contributed by atoms with Crippen molar-refractivity contribution in [3.63, 3.8) is 0 Å². The lowest BCUT2D eigenvalue weighted by molar-refractivity contribution is 0.356. The Labute approximate surface area is 111 Å². The number of fused-ring (bicyclic) bond motifs is 1. The van der Waals surface area contributed by atoms with Gasteiger partial charge in [-0.3, -0.25) is 4.98 Å². The van der Waals surface area contributed by atoms with Gasteiger partial charge in [-0.25, -0.2) is 4.39 Å². The van der Waals surface area contributed by atoms with Gasteiger partial charge < -0.3 is 10.5 Å². The van der Waals surface area contributed by atoms with Crippen molar-refractivity contribution in [1.82, 2.24) is 4.98 Å². The molecule has 0 saturated carbocycles. The minimum Gasteiger partial charge on any atom is -0.493 e. The maximum atomic E-state index is 12.9. The molecule has 0 saturated heterocycles. The van der Waals surface area contributed by atoms with Gasteiger partial charge in [-0.05, 0) is 42.3 Å². The summed E-state index contributed by atoms with van der Waals surface area (Å²) in [7, 11) is 0. The van der Waals surface area contributed by atoms with Crippen LogP contribution in [0.25, 0.3) is 0 Å². The van der Waals surface area contributed by atoms with Crippen LogP contribution in [0.3, 0.4) is 0 Å². The van der Waals surface area contributed by atoms with E-state index in [1.54, 1.807) is 6.07 Å². The van der Waals surface area contributed by atoms with Crippen molar-refractivity contribution < 1.29 is 9.13 Å². The van der Waals surface area contributed by atoms with E-state index in [2.05, 4.69) is 4.98 Å². The first-order valence-electron chi connectivity index (χ1n) is 6.24. The van der Waals surface area contributed by atoms with Crippen LogP contribution < -0.4 is 10.5 Å². The minimum absolute atomic E-state index is 0.359. The Morgan fingerprint density at radius 1 is 1.32 bits per heavy atom. The first-order valence-corrected chi connectivity index (χ1v) is 6.24. The molecule has 3 nitrogen and oxygen atoms in total. The minimum atomic E-state index is -0.745. The molecule has 0 radical (unpaired) electrons. The zero-order valence-corrected chi connectivity index (χ0v) is 10.7. The lowest BCUT2D eigenvalue weighted by atomic mass is 9.88. The lowest BCUT2D eigenvalue weighted by Gasteiger charge is -2.25. The molecule has 4 heteroatoms. The van der Waals surface area contributed by atoms with Crippen LogP contribution in [0.4, 0.5) is 4.39 Å². The molecule has 0 bridgehead atoms. The number of hydrogen-bond acceptors (Lipinski definition) is 3. The summed E-state index contributed by atoms with van der Waals surface area (Å²) < 4.78 is 18.4. The third-order valence-corrected chi connectivity index (χ3v) is 3.55. The Bertz CT molecular complexity index is 608. The zero-order valence-electron chi connectivity index (χ0n) is 10.7. The number of nitrogens with zero attached hydrogens (tertiary/aromatic N) is 1. The lowest BCUT2D eigenvalue weighted by Crippen LogP contribution is -2.35. The second-order valence-corrected chi connectivity index (χ2v) is 4.98. The van der Waals surface area contributed by atoms with E-state index in [9.17, 15) is 4.39 Å². The number of ether oxygens (including phenoxy) is 1. The van der Waals surface area contributed by atoms with Crippen molar-refractivity contribution in [1.29, 1.82) is 0 Å². The van der Waals surface area contributed by atoms with Crippen LogP contribution in [-0.4, -0.2) is 11.6 Å². The number of hydrogen-bond donors (Lipinski definition) is 1. The van der Waals surface area contributed by atoms with Gasteiger partial charge in [-0.1, -0.05) is 6.07 Å². The number of rotatable bonds is 2. The third kappa shape index (κ3) is 2.08. The average Bonchev–Trinajstić information content (AvgIpc) is 2.86. The first kappa shape index (κ1) is 12.1. The topological polar surface area (TPSA) is 48.1 Å². The SMILES string of the molecule is CC(N)(c1ccc2c(c1)CCO2)c1ccc(F)cn1. The monoisotopic (exact) mass is 258 g/mol. The molecule has 1 atom stereocenters. The fourth-order valence-corrected chi connectivity index (χ4v) is 2.34. The standard InChI is InChI=1S/C15H15FN2O/c1-15(17,14-5-3-12(16)9-18-14)11-2-4-13-10(8-11)6-7-19-13/h2-5,8-9H,6-7,17H2,1H3. The molecule has 1 aliphatic rings. The Kier molecular flexibility index (Phi) is 2.75. The van der Waals surface area contributed by atoms with Crippen molar-refractivity contribution >= 4 is 0 Å². The van der Waals surface area contributed by atoms with E-state index < -0.39 is 5.54 Å². The third-order valence-electron chi connectivity index (χ3n) is 3.55. The Morgan fingerprint density at radius 2 is 2.16 bits per heavy atom. The average molecular weight is 258 g/mol. The molecule has 1 aliphatic heterocycles. The fourth-order valence-electron chi connectivity index (χ4n) is 2.34. The van der Waals surface area contributed by atoms with Gasteiger partial charge in [0.15, 0.2) is 0 Å². The van der Waals surface area contributed by atoms with Crippen molar-refractivity contribution in [2.45, 2.75) is 18.9 Å². The van der Waals surface area contributed by atoms with Crippen molar-refractivity contribution in [2.24, 2.45) is 5.73 Å². The van der Waals surface area contributed by atoms with E-state index in [0.717, 1.165) is 29.9 Å². The van der Waals surface area contributed by atoms with Crippen LogP contribution in [0, 0.1) is 5.82 Å². The summed E-state index contributed by atoms with van der Waals surface area (Å²) in [6, 6.07) is 8.93. The summed E-state index contributed by atoms with van der Waals surface area (Å²) in [5.41, 5.74) is 8.40. The van der Waals surface area contributed by atoms with Crippen LogP contribution in [0.1, 0.15) is 23.7 Å². The van der Waals surface area contributed by atoms with Crippen molar-refractivity contribution in [2.75, 3.05) is 6.61 Å². The van der Waals surface area contributed by atoms with Gasteiger partial charge in [-0.2, -0.15) is 0 Å². The predicted molar refractivity (Wildman–Crippen MR) is 70.5 cm³/mol.